The molecule has 0 aromatic carbocycles. The lowest BCUT2D eigenvalue weighted by atomic mass is 9.91. The Hall–Kier alpha value is -1.50. The number of rotatable bonds is 9. The van der Waals surface area contributed by atoms with E-state index in [4.69, 9.17) is 0 Å². The van der Waals surface area contributed by atoms with Crippen molar-refractivity contribution in [1.82, 2.24) is 0 Å². The van der Waals surface area contributed by atoms with E-state index in [1.165, 1.54) is 0 Å². The van der Waals surface area contributed by atoms with Crippen molar-refractivity contribution in [2.75, 3.05) is 0 Å². The van der Waals surface area contributed by atoms with E-state index >= 15 is 0 Å². The highest BCUT2D eigenvalue weighted by Crippen LogP contribution is 2.65. The Labute approximate surface area is 179 Å². The third-order valence-corrected chi connectivity index (χ3v) is 5.23. The summed E-state index contributed by atoms with van der Waals surface area (Å²) in [6, 6.07) is 0. The lowest BCUT2D eigenvalue weighted by Gasteiger charge is -2.43. The molecule has 0 aromatic heterocycles. The van der Waals surface area contributed by atoms with Crippen LogP contribution < -0.4 is 0 Å². The summed E-state index contributed by atoms with van der Waals surface area (Å²) in [6.07, 6.45) is -23.3. The minimum atomic E-state index is -10.3. The number of halogens is 24. The largest absolute Gasteiger partial charge is 0.663 e. The second-order valence-corrected chi connectivity index (χ2v) is 8.02. The van der Waals surface area contributed by atoms with Crippen molar-refractivity contribution in [2.45, 2.75) is 59.5 Å². The molecular weight excluding hydrogens is 620 g/mol. The van der Waals surface area contributed by atoms with Crippen LogP contribution in [0.4, 0.5) is 105 Å². The first kappa shape index (κ1) is 34.5. The van der Waals surface area contributed by atoms with Crippen LogP contribution in [0.25, 0.3) is 0 Å². The zero-order chi connectivity index (χ0) is 30.2. The average Bonchev–Trinajstić information content (AvgIpc) is 2.57. The summed E-state index contributed by atoms with van der Waals surface area (Å²) in [5.41, 5.74) is -8.83. The van der Waals surface area contributed by atoms with Crippen molar-refractivity contribution in [3.8, 4) is 0 Å². The molecule has 0 aliphatic rings. The van der Waals surface area contributed by atoms with E-state index in [2.05, 4.69) is 0 Å². The van der Waals surface area contributed by atoms with Gasteiger partial charge in [0.1, 0.15) is 0 Å². The van der Waals surface area contributed by atoms with Crippen molar-refractivity contribution in [3.05, 3.63) is 0 Å². The van der Waals surface area contributed by atoms with Crippen LogP contribution in [0.2, 0.25) is 0 Å². The van der Waals surface area contributed by atoms with Gasteiger partial charge in [-0.25, -0.2) is 8.22 Å². The Bertz CT molecular complexity index is 801. The van der Waals surface area contributed by atoms with Crippen LogP contribution in [-0.4, -0.2) is 68.5 Å². The van der Waals surface area contributed by atoms with E-state index in [0.29, 0.717) is 0 Å². The van der Waals surface area contributed by atoms with Crippen LogP contribution in [0.5, 0.6) is 0 Å². The van der Waals surface area contributed by atoms with Gasteiger partial charge in [-0.05, 0) is 0 Å². The van der Waals surface area contributed by atoms with Crippen LogP contribution in [0.3, 0.4) is 0 Å². The van der Waals surface area contributed by atoms with Crippen molar-refractivity contribution < 1.29 is 109 Å². The lowest BCUT2D eigenvalue weighted by molar-refractivity contribution is -0.460. The molecule has 0 aromatic rings. The topological polar surface area (TPSA) is 9.23 Å². The Balaban J connectivity index is 6.95. The average molecular weight is 620 g/mol. The van der Waals surface area contributed by atoms with Gasteiger partial charge < -0.3 is 0 Å². The molecule has 0 spiro atoms. The zero-order valence-electron chi connectivity index (χ0n) is 15.0. The maximum Gasteiger partial charge on any atom is 0.663 e. The van der Waals surface area contributed by atoms with Gasteiger partial charge in [-0.1, -0.05) is 0 Å². The Morgan fingerprint density at radius 3 is 0.833 bits per heavy atom. The van der Waals surface area contributed by atoms with Gasteiger partial charge in [0.2, 0.25) is 0 Å². The number of hydrogen-bond donors (Lipinski definition) is 0. The molecule has 0 rings (SSSR count). The highest BCUT2D eigenvalue weighted by Gasteiger charge is 2.98. The lowest BCUT2D eigenvalue weighted by Crippen LogP contribution is -2.77. The van der Waals surface area contributed by atoms with Gasteiger partial charge in [-0.2, -0.15) is 96.6 Å². The molecule has 0 aliphatic heterocycles. The van der Waals surface area contributed by atoms with Crippen molar-refractivity contribution in [2.24, 2.45) is 0 Å². The van der Waals surface area contributed by atoms with Crippen molar-refractivity contribution in [3.63, 3.8) is 0 Å². The first-order chi connectivity index (χ1) is 15.0. The van der Waals surface area contributed by atoms with Crippen molar-refractivity contribution in [1.29, 1.82) is 0 Å². The number of hydrogen-bond acceptors (Lipinski definition) is 1. The number of alkyl halides is 22. The van der Waals surface area contributed by atoms with Gasteiger partial charge in [0.25, 0.3) is 0 Å². The quantitative estimate of drug-likeness (QED) is 0.147. The molecule has 0 aliphatic carbocycles. The molecule has 0 heterocycles. The first-order valence-electron chi connectivity index (χ1n) is 7.19. The Morgan fingerprint density at radius 2 is 0.583 bits per heavy atom. The van der Waals surface area contributed by atoms with Gasteiger partial charge >= 0.3 is 68.5 Å². The molecule has 0 N–H and O–H groups in total. The van der Waals surface area contributed by atoms with E-state index in [1.807, 2.05) is 0 Å². The molecule has 0 bridgehead atoms. The molecule has 0 saturated carbocycles. The van der Waals surface area contributed by atoms with E-state index in [1.54, 1.807) is 0 Å². The fraction of sp³-hybridized carbons (Fsp3) is 1.00. The predicted molar refractivity (Wildman–Crippen MR) is 60.7 cm³/mol. The second kappa shape index (κ2) is 8.25. The van der Waals surface area contributed by atoms with E-state index < -0.39 is 68.5 Å². The summed E-state index contributed by atoms with van der Waals surface area (Å²) in [5, 5.41) is 0. The maximum absolute atomic E-state index is 13.3. The summed E-state index contributed by atoms with van der Waals surface area (Å²) < 4.78 is 306. The minimum Gasteiger partial charge on any atom is -0.296 e. The molecule has 0 fully saturated rings. The van der Waals surface area contributed by atoms with Gasteiger partial charge in [0.05, 0.1) is 0 Å². The third-order valence-electron chi connectivity index (χ3n) is 3.67. The predicted octanol–water partition coefficient (Wildman–Crippen LogP) is 7.58. The monoisotopic (exact) mass is 620 g/mol. The second-order valence-electron chi connectivity index (χ2n) is 6.15. The van der Waals surface area contributed by atoms with Gasteiger partial charge in [0.15, 0.2) is 0 Å². The zero-order valence-corrected chi connectivity index (χ0v) is 16.0. The Kier molecular flexibility index (Phi) is 7.90. The fourth-order valence-corrected chi connectivity index (χ4v) is 2.72. The van der Waals surface area contributed by atoms with Gasteiger partial charge in [-0.3, -0.25) is 4.43 Å². The summed E-state index contributed by atoms with van der Waals surface area (Å²) >= 11 is 0. The highest BCUT2D eigenvalue weighted by molar-refractivity contribution is 6.62. The van der Waals surface area contributed by atoms with Crippen LogP contribution in [0.15, 0.2) is 0 Å². The summed E-state index contributed by atoms with van der Waals surface area (Å²) in [5.74, 6) is -54.6. The summed E-state index contributed by atoms with van der Waals surface area (Å²) in [4.78, 5) is 0. The summed E-state index contributed by atoms with van der Waals surface area (Å²) in [7, 11) is -10.3. The van der Waals surface area contributed by atoms with Crippen LogP contribution in [0.1, 0.15) is 0 Å². The molecule has 0 radical (unpaired) electrons. The van der Waals surface area contributed by atoms with Crippen LogP contribution in [-0.2, 0) is 4.43 Å². The molecule has 36 heavy (non-hydrogen) atoms. The van der Waals surface area contributed by atoms with Gasteiger partial charge in [-0.15, -0.1) is 0 Å². The SMILES string of the molecule is FC(F)(F)C(F)(F)O[Si](F)(F)C(F)(F)C(F)(F)C(F)(F)C(F)(F)C(F)(F)C(F)(F)C(F)(F)C(F)(F)F. The minimum absolute atomic E-state index is 1.04. The molecular formula is C10F24OSi. The highest BCUT2D eigenvalue weighted by atomic mass is 28.4. The molecule has 0 atom stereocenters. The summed E-state index contributed by atoms with van der Waals surface area (Å²) in [6.45, 7) is 0. The molecule has 218 valence electrons. The molecule has 0 saturated heterocycles. The maximum atomic E-state index is 13.3. The molecule has 0 unspecified atom stereocenters. The fourth-order valence-electron chi connectivity index (χ4n) is 1.63. The molecule has 26 heteroatoms. The standard InChI is InChI=1S/C10F24OSi/c11-1(12,3(15,16)5(19,20)7(23,24)25)2(13,14)4(17,18)6(21,22)10(31,32)36(33,34)35-9(29,30)8(26,27)28. The Morgan fingerprint density at radius 1 is 0.333 bits per heavy atom. The normalized spacial score (nSPS) is 17.0. The van der Waals surface area contributed by atoms with E-state index in [-0.39, 0.29) is 0 Å². The van der Waals surface area contributed by atoms with E-state index in [9.17, 15) is 105 Å². The van der Waals surface area contributed by atoms with Crippen LogP contribution in [0, 0.1) is 0 Å². The molecule has 1 nitrogen and oxygen atoms in total. The molecule has 0 amide bonds. The smallest absolute Gasteiger partial charge is 0.296 e. The van der Waals surface area contributed by atoms with E-state index in [0.717, 1.165) is 4.43 Å². The van der Waals surface area contributed by atoms with Crippen molar-refractivity contribution >= 4 is 8.99 Å². The van der Waals surface area contributed by atoms with Crippen LogP contribution >= 0.6 is 0 Å². The van der Waals surface area contributed by atoms with Gasteiger partial charge in [0, 0.05) is 0 Å². The third kappa shape index (κ3) is 4.41. The first-order valence-corrected chi connectivity index (χ1v) is 8.86.